The van der Waals surface area contributed by atoms with Crippen LogP contribution in [0.25, 0.3) is 0 Å². The van der Waals surface area contributed by atoms with E-state index in [4.69, 9.17) is 5.73 Å². The van der Waals surface area contributed by atoms with Gasteiger partial charge in [0.05, 0.1) is 6.04 Å². The van der Waals surface area contributed by atoms with Gasteiger partial charge < -0.3 is 10.6 Å². The number of carbonyl (C=O) groups is 1. The molecule has 2 rings (SSSR count). The molecule has 18 heavy (non-hydrogen) atoms. The van der Waals surface area contributed by atoms with Gasteiger partial charge in [-0.3, -0.25) is 9.69 Å². The second kappa shape index (κ2) is 6.02. The van der Waals surface area contributed by atoms with Crippen LogP contribution in [0, 0.1) is 5.92 Å². The van der Waals surface area contributed by atoms with Crippen molar-refractivity contribution in [2.75, 3.05) is 26.7 Å². The Morgan fingerprint density at radius 1 is 1.33 bits per heavy atom. The summed E-state index contributed by atoms with van der Waals surface area (Å²) in [6.45, 7) is 4.69. The summed E-state index contributed by atoms with van der Waals surface area (Å²) in [5, 5.41) is 0. The maximum absolute atomic E-state index is 12.4. The minimum Gasteiger partial charge on any atom is -0.341 e. The molecule has 3 unspecified atom stereocenters. The molecule has 2 aliphatic rings. The van der Waals surface area contributed by atoms with Crippen LogP contribution in [-0.4, -0.2) is 54.5 Å². The zero-order valence-electron chi connectivity index (χ0n) is 11.8. The van der Waals surface area contributed by atoms with E-state index in [-0.39, 0.29) is 6.04 Å². The molecule has 1 aliphatic heterocycles. The third kappa shape index (κ3) is 2.69. The first kappa shape index (κ1) is 13.8. The highest BCUT2D eigenvalue weighted by molar-refractivity contribution is 5.81. The topological polar surface area (TPSA) is 49.6 Å². The maximum atomic E-state index is 12.4. The van der Waals surface area contributed by atoms with Crippen LogP contribution in [0.15, 0.2) is 0 Å². The van der Waals surface area contributed by atoms with Gasteiger partial charge in [0, 0.05) is 19.1 Å². The van der Waals surface area contributed by atoms with Gasteiger partial charge in [-0.15, -0.1) is 0 Å². The standard InChI is InChI=1S/C14H27N3O/c1-11(14(18)17-8-3-4-9-17)16(2)13-7-5-6-12(13)10-15/h11-13H,3-10,15H2,1-2H3. The van der Waals surface area contributed by atoms with Crippen molar-refractivity contribution < 1.29 is 4.79 Å². The first-order chi connectivity index (χ1) is 8.65. The SMILES string of the molecule is CC(C(=O)N1CCCC1)N(C)C1CCCC1CN. The van der Waals surface area contributed by atoms with Crippen LogP contribution in [0.4, 0.5) is 0 Å². The lowest BCUT2D eigenvalue weighted by atomic mass is 10.0. The van der Waals surface area contributed by atoms with E-state index in [1.54, 1.807) is 0 Å². The molecule has 1 saturated heterocycles. The average Bonchev–Trinajstić information content (AvgIpc) is 3.05. The third-order valence-corrected chi connectivity index (χ3v) is 4.83. The Labute approximate surface area is 110 Å². The monoisotopic (exact) mass is 253 g/mol. The minimum absolute atomic E-state index is 0.000231. The number of amides is 1. The first-order valence-corrected chi connectivity index (χ1v) is 7.36. The fourth-order valence-corrected chi connectivity index (χ4v) is 3.49. The lowest BCUT2D eigenvalue weighted by Crippen LogP contribution is -2.50. The number of likely N-dealkylation sites (N-methyl/N-ethyl adjacent to an activating group) is 1. The van der Waals surface area contributed by atoms with E-state index in [1.165, 1.54) is 19.3 Å². The fourth-order valence-electron chi connectivity index (χ4n) is 3.49. The van der Waals surface area contributed by atoms with Gasteiger partial charge >= 0.3 is 0 Å². The molecule has 0 aromatic heterocycles. The zero-order valence-corrected chi connectivity index (χ0v) is 11.8. The van der Waals surface area contributed by atoms with Crippen molar-refractivity contribution in [3.05, 3.63) is 0 Å². The Morgan fingerprint density at radius 3 is 2.61 bits per heavy atom. The van der Waals surface area contributed by atoms with Crippen molar-refractivity contribution in [3.8, 4) is 0 Å². The van der Waals surface area contributed by atoms with Gasteiger partial charge in [-0.25, -0.2) is 0 Å². The summed E-state index contributed by atoms with van der Waals surface area (Å²) in [6.07, 6.45) is 5.99. The Bertz CT molecular complexity index is 289. The number of hydrogen-bond donors (Lipinski definition) is 1. The zero-order chi connectivity index (χ0) is 13.1. The lowest BCUT2D eigenvalue weighted by molar-refractivity contribution is -0.135. The van der Waals surface area contributed by atoms with Gasteiger partial charge in [-0.1, -0.05) is 6.42 Å². The van der Waals surface area contributed by atoms with Gasteiger partial charge in [-0.05, 0) is 52.1 Å². The van der Waals surface area contributed by atoms with Crippen LogP contribution in [-0.2, 0) is 4.79 Å². The van der Waals surface area contributed by atoms with E-state index in [0.29, 0.717) is 17.9 Å². The second-order valence-electron chi connectivity index (χ2n) is 5.87. The summed E-state index contributed by atoms with van der Waals surface area (Å²) >= 11 is 0. The molecule has 4 nitrogen and oxygen atoms in total. The van der Waals surface area contributed by atoms with Crippen LogP contribution in [0.5, 0.6) is 0 Å². The quantitative estimate of drug-likeness (QED) is 0.815. The summed E-state index contributed by atoms with van der Waals surface area (Å²) in [6, 6.07) is 0.497. The number of hydrogen-bond acceptors (Lipinski definition) is 3. The molecular weight excluding hydrogens is 226 g/mol. The number of nitrogens with two attached hydrogens (primary N) is 1. The molecule has 2 N–H and O–H groups in total. The Morgan fingerprint density at radius 2 is 2.00 bits per heavy atom. The van der Waals surface area contributed by atoms with E-state index >= 15 is 0 Å². The largest absolute Gasteiger partial charge is 0.341 e. The number of likely N-dealkylation sites (tertiary alicyclic amines) is 1. The molecular formula is C14H27N3O. The fraction of sp³-hybridized carbons (Fsp3) is 0.929. The molecule has 4 heteroatoms. The summed E-state index contributed by atoms with van der Waals surface area (Å²) in [5.74, 6) is 0.876. The summed E-state index contributed by atoms with van der Waals surface area (Å²) in [4.78, 5) is 16.7. The molecule has 0 bridgehead atoms. The van der Waals surface area contributed by atoms with Crippen LogP contribution >= 0.6 is 0 Å². The van der Waals surface area contributed by atoms with Crippen LogP contribution in [0.1, 0.15) is 39.0 Å². The first-order valence-electron chi connectivity index (χ1n) is 7.36. The van der Waals surface area contributed by atoms with E-state index in [1.807, 2.05) is 11.8 Å². The van der Waals surface area contributed by atoms with E-state index in [9.17, 15) is 4.79 Å². The van der Waals surface area contributed by atoms with Crippen molar-refractivity contribution in [2.24, 2.45) is 11.7 Å². The molecule has 0 radical (unpaired) electrons. The molecule has 1 aliphatic carbocycles. The van der Waals surface area contributed by atoms with Crippen molar-refractivity contribution in [3.63, 3.8) is 0 Å². The van der Waals surface area contributed by atoms with Gasteiger partial charge in [0.15, 0.2) is 0 Å². The molecule has 104 valence electrons. The van der Waals surface area contributed by atoms with Crippen molar-refractivity contribution >= 4 is 5.91 Å². The number of rotatable bonds is 4. The van der Waals surface area contributed by atoms with Crippen LogP contribution in [0.3, 0.4) is 0 Å². The molecule has 1 heterocycles. The molecule has 1 amide bonds. The number of nitrogens with zero attached hydrogens (tertiary/aromatic N) is 2. The van der Waals surface area contributed by atoms with Crippen molar-refractivity contribution in [1.29, 1.82) is 0 Å². The maximum Gasteiger partial charge on any atom is 0.239 e. The molecule has 1 saturated carbocycles. The lowest BCUT2D eigenvalue weighted by Gasteiger charge is -2.35. The van der Waals surface area contributed by atoms with Gasteiger partial charge in [-0.2, -0.15) is 0 Å². The molecule has 0 aromatic carbocycles. The highest BCUT2D eigenvalue weighted by atomic mass is 16.2. The Kier molecular flexibility index (Phi) is 4.62. The highest BCUT2D eigenvalue weighted by Crippen LogP contribution is 2.30. The average molecular weight is 253 g/mol. The van der Waals surface area contributed by atoms with Gasteiger partial charge in [0.2, 0.25) is 5.91 Å². The highest BCUT2D eigenvalue weighted by Gasteiger charge is 2.35. The van der Waals surface area contributed by atoms with E-state index < -0.39 is 0 Å². The number of carbonyl (C=O) groups excluding carboxylic acids is 1. The molecule has 0 aromatic rings. The van der Waals surface area contributed by atoms with E-state index in [0.717, 1.165) is 32.5 Å². The molecule has 3 atom stereocenters. The Balaban J connectivity index is 1.94. The predicted molar refractivity (Wildman–Crippen MR) is 73.2 cm³/mol. The predicted octanol–water partition coefficient (Wildman–Crippen LogP) is 1.06. The van der Waals surface area contributed by atoms with Crippen molar-refractivity contribution in [2.45, 2.75) is 51.1 Å². The smallest absolute Gasteiger partial charge is 0.239 e. The summed E-state index contributed by atoms with van der Waals surface area (Å²) < 4.78 is 0. The third-order valence-electron chi connectivity index (χ3n) is 4.83. The minimum atomic E-state index is 0.000231. The van der Waals surface area contributed by atoms with E-state index in [2.05, 4.69) is 11.9 Å². The normalized spacial score (nSPS) is 30.1. The molecule has 0 spiro atoms. The second-order valence-corrected chi connectivity index (χ2v) is 5.87. The summed E-state index contributed by atoms with van der Waals surface area (Å²) in [5.41, 5.74) is 5.84. The van der Waals surface area contributed by atoms with Crippen molar-refractivity contribution in [1.82, 2.24) is 9.80 Å². The van der Waals surface area contributed by atoms with Crippen LogP contribution < -0.4 is 5.73 Å². The molecule has 2 fully saturated rings. The van der Waals surface area contributed by atoms with Gasteiger partial charge in [0.25, 0.3) is 0 Å². The summed E-state index contributed by atoms with van der Waals surface area (Å²) in [7, 11) is 2.09. The Hall–Kier alpha value is -0.610. The van der Waals surface area contributed by atoms with Crippen LogP contribution in [0.2, 0.25) is 0 Å². The van der Waals surface area contributed by atoms with Gasteiger partial charge in [0.1, 0.15) is 0 Å².